The topological polar surface area (TPSA) is 84.9 Å². The molecule has 1 N–H and O–H groups in total. The highest BCUT2D eigenvalue weighted by molar-refractivity contribution is 6.43. The Morgan fingerprint density at radius 1 is 1.07 bits per heavy atom. The van der Waals surface area contributed by atoms with E-state index >= 15 is 0 Å². The first-order valence-electron chi connectivity index (χ1n) is 9.03. The number of amides is 4. The molecule has 0 unspecified atom stereocenters. The van der Waals surface area contributed by atoms with Gasteiger partial charge in [-0.3, -0.25) is 14.9 Å². The molecule has 2 aromatic rings. The van der Waals surface area contributed by atoms with Gasteiger partial charge < -0.3 is 9.47 Å². The van der Waals surface area contributed by atoms with Gasteiger partial charge in [-0.1, -0.05) is 30.1 Å². The zero-order chi connectivity index (χ0) is 21.8. The number of anilines is 1. The van der Waals surface area contributed by atoms with Gasteiger partial charge in [-0.25, -0.2) is 9.69 Å². The number of imide groups is 2. The number of nitrogens with zero attached hydrogens (tertiary/aromatic N) is 1. The maximum atomic E-state index is 13.0. The first-order valence-corrected chi connectivity index (χ1v) is 9.78. The number of halogens is 2. The normalized spacial score (nSPS) is 15.4. The fraction of sp³-hybridized carbons (Fsp3) is 0.190. The molecule has 0 radical (unpaired) electrons. The molecule has 0 saturated carbocycles. The van der Waals surface area contributed by atoms with Gasteiger partial charge in [0.2, 0.25) is 0 Å². The van der Waals surface area contributed by atoms with Gasteiger partial charge in [-0.2, -0.15) is 0 Å². The molecular formula is C21H18Cl2N2O5. The Kier molecular flexibility index (Phi) is 6.64. The standard InChI is InChI=1S/C21H18Cl2N2O5/c1-3-8-30-18-11-14(29-2)6-4-12(18)9-15-19(26)24-21(28)25(20(15)27)13-5-7-16(22)17(23)10-13/h4-7,9-11H,3,8H2,1-2H3,(H,24,26,28)/b15-9+. The van der Waals surface area contributed by atoms with E-state index in [2.05, 4.69) is 5.32 Å². The fourth-order valence-electron chi connectivity index (χ4n) is 2.77. The lowest BCUT2D eigenvalue weighted by atomic mass is 10.1. The molecule has 4 amide bonds. The van der Waals surface area contributed by atoms with Gasteiger partial charge in [-0.15, -0.1) is 0 Å². The van der Waals surface area contributed by atoms with Crippen LogP contribution in [0.2, 0.25) is 10.0 Å². The lowest BCUT2D eigenvalue weighted by molar-refractivity contribution is -0.122. The predicted octanol–water partition coefficient (Wildman–Crippen LogP) is 4.46. The molecule has 1 aliphatic rings. The Bertz CT molecular complexity index is 1050. The lowest BCUT2D eigenvalue weighted by Crippen LogP contribution is -2.54. The van der Waals surface area contributed by atoms with E-state index in [4.69, 9.17) is 32.7 Å². The average molecular weight is 449 g/mol. The summed E-state index contributed by atoms with van der Waals surface area (Å²) in [6, 6.07) is 8.42. The van der Waals surface area contributed by atoms with Crippen LogP contribution in [0.5, 0.6) is 11.5 Å². The summed E-state index contributed by atoms with van der Waals surface area (Å²) in [6.45, 7) is 2.40. The van der Waals surface area contributed by atoms with Crippen LogP contribution in [0.1, 0.15) is 18.9 Å². The molecule has 156 valence electrons. The number of methoxy groups -OCH3 is 1. The van der Waals surface area contributed by atoms with Gasteiger partial charge in [0.15, 0.2) is 0 Å². The highest BCUT2D eigenvalue weighted by atomic mass is 35.5. The van der Waals surface area contributed by atoms with Crippen molar-refractivity contribution in [3.63, 3.8) is 0 Å². The van der Waals surface area contributed by atoms with Crippen LogP contribution < -0.4 is 19.7 Å². The summed E-state index contributed by atoms with van der Waals surface area (Å²) in [4.78, 5) is 38.6. The molecule has 0 aliphatic carbocycles. The van der Waals surface area contributed by atoms with Crippen molar-refractivity contribution in [1.82, 2.24) is 5.32 Å². The molecule has 1 aliphatic heterocycles. The largest absolute Gasteiger partial charge is 0.497 e. The van der Waals surface area contributed by atoms with Gasteiger partial charge in [0, 0.05) is 11.6 Å². The number of ether oxygens (including phenoxy) is 2. The lowest BCUT2D eigenvalue weighted by Gasteiger charge is -2.26. The van der Waals surface area contributed by atoms with Crippen molar-refractivity contribution in [2.24, 2.45) is 0 Å². The smallest absolute Gasteiger partial charge is 0.335 e. The van der Waals surface area contributed by atoms with E-state index in [0.29, 0.717) is 23.7 Å². The number of hydrogen-bond donors (Lipinski definition) is 1. The summed E-state index contributed by atoms with van der Waals surface area (Å²) in [6.07, 6.45) is 2.14. The van der Waals surface area contributed by atoms with Crippen molar-refractivity contribution in [2.75, 3.05) is 18.6 Å². The maximum Gasteiger partial charge on any atom is 0.335 e. The second kappa shape index (κ2) is 9.19. The number of hydrogen-bond acceptors (Lipinski definition) is 5. The van der Waals surface area contributed by atoms with Gasteiger partial charge in [0.25, 0.3) is 11.8 Å². The van der Waals surface area contributed by atoms with Crippen LogP contribution in [-0.4, -0.2) is 31.6 Å². The van der Waals surface area contributed by atoms with Crippen LogP contribution in [0.3, 0.4) is 0 Å². The number of rotatable bonds is 6. The van der Waals surface area contributed by atoms with E-state index in [0.717, 1.165) is 11.3 Å². The molecular weight excluding hydrogens is 431 g/mol. The Morgan fingerprint density at radius 2 is 1.83 bits per heavy atom. The molecule has 1 heterocycles. The summed E-state index contributed by atoms with van der Waals surface area (Å²) < 4.78 is 10.9. The molecule has 9 heteroatoms. The van der Waals surface area contributed by atoms with Crippen LogP contribution in [0.4, 0.5) is 10.5 Å². The molecule has 7 nitrogen and oxygen atoms in total. The molecule has 0 spiro atoms. The van der Waals surface area contributed by atoms with E-state index in [9.17, 15) is 14.4 Å². The monoisotopic (exact) mass is 448 g/mol. The van der Waals surface area contributed by atoms with Crippen LogP contribution in [0, 0.1) is 0 Å². The predicted molar refractivity (Wildman–Crippen MR) is 114 cm³/mol. The molecule has 2 aromatic carbocycles. The second-order valence-corrected chi connectivity index (χ2v) is 7.12. The van der Waals surface area contributed by atoms with Gasteiger partial charge in [0.05, 0.1) is 29.4 Å². The van der Waals surface area contributed by atoms with E-state index in [1.54, 1.807) is 18.2 Å². The summed E-state index contributed by atoms with van der Waals surface area (Å²) in [5.41, 5.74) is 0.445. The molecule has 1 saturated heterocycles. The van der Waals surface area contributed by atoms with Crippen LogP contribution in [0.25, 0.3) is 6.08 Å². The number of nitrogens with one attached hydrogen (secondary N) is 1. The summed E-state index contributed by atoms with van der Waals surface area (Å²) >= 11 is 11.9. The number of carbonyl (C=O) groups is 3. The Hall–Kier alpha value is -3.03. The van der Waals surface area contributed by atoms with E-state index < -0.39 is 17.8 Å². The number of carbonyl (C=O) groups excluding carboxylic acids is 3. The highest BCUT2D eigenvalue weighted by Gasteiger charge is 2.37. The van der Waals surface area contributed by atoms with E-state index in [1.165, 1.54) is 31.4 Å². The third-order valence-corrected chi connectivity index (χ3v) is 4.98. The molecule has 0 aromatic heterocycles. The van der Waals surface area contributed by atoms with Crippen molar-refractivity contribution in [2.45, 2.75) is 13.3 Å². The summed E-state index contributed by atoms with van der Waals surface area (Å²) in [5.74, 6) is -0.587. The number of barbiturate groups is 1. The molecule has 3 rings (SSSR count). The van der Waals surface area contributed by atoms with Crippen molar-refractivity contribution < 1.29 is 23.9 Å². The van der Waals surface area contributed by atoms with Crippen molar-refractivity contribution in [1.29, 1.82) is 0 Å². The van der Waals surface area contributed by atoms with Gasteiger partial charge in [0.1, 0.15) is 17.1 Å². The van der Waals surface area contributed by atoms with Crippen molar-refractivity contribution in [3.8, 4) is 11.5 Å². The zero-order valence-electron chi connectivity index (χ0n) is 16.2. The fourth-order valence-corrected chi connectivity index (χ4v) is 3.06. The van der Waals surface area contributed by atoms with E-state index in [-0.39, 0.29) is 21.3 Å². The first-order chi connectivity index (χ1) is 14.3. The number of benzene rings is 2. The van der Waals surface area contributed by atoms with Crippen molar-refractivity contribution in [3.05, 3.63) is 57.6 Å². The third-order valence-electron chi connectivity index (χ3n) is 4.25. The zero-order valence-corrected chi connectivity index (χ0v) is 17.7. The average Bonchev–Trinajstić information content (AvgIpc) is 2.72. The second-order valence-electron chi connectivity index (χ2n) is 6.31. The maximum absolute atomic E-state index is 13.0. The Morgan fingerprint density at radius 3 is 2.50 bits per heavy atom. The van der Waals surface area contributed by atoms with Crippen molar-refractivity contribution >= 4 is 52.8 Å². The quantitative estimate of drug-likeness (QED) is 0.520. The van der Waals surface area contributed by atoms with Crippen LogP contribution >= 0.6 is 23.2 Å². The van der Waals surface area contributed by atoms with Gasteiger partial charge in [-0.05, 0) is 42.8 Å². The first kappa shape index (κ1) is 21.7. The third kappa shape index (κ3) is 4.42. The SMILES string of the molecule is CCCOc1cc(OC)ccc1/C=C1\C(=O)NC(=O)N(c2ccc(Cl)c(Cl)c2)C1=O. The Labute approximate surface area is 183 Å². The molecule has 1 fully saturated rings. The minimum atomic E-state index is -0.877. The molecule has 0 atom stereocenters. The minimum absolute atomic E-state index is 0.169. The highest BCUT2D eigenvalue weighted by Crippen LogP contribution is 2.31. The summed E-state index contributed by atoms with van der Waals surface area (Å²) in [5, 5.41) is 2.61. The minimum Gasteiger partial charge on any atom is -0.497 e. The number of urea groups is 1. The van der Waals surface area contributed by atoms with Crippen LogP contribution in [0.15, 0.2) is 42.0 Å². The van der Waals surface area contributed by atoms with E-state index in [1.807, 2.05) is 6.92 Å². The molecule has 30 heavy (non-hydrogen) atoms. The van der Waals surface area contributed by atoms with Gasteiger partial charge >= 0.3 is 6.03 Å². The van der Waals surface area contributed by atoms with Crippen LogP contribution in [-0.2, 0) is 9.59 Å². The molecule has 0 bridgehead atoms. The summed E-state index contributed by atoms with van der Waals surface area (Å²) in [7, 11) is 1.52. The Balaban J connectivity index is 2.03.